The lowest BCUT2D eigenvalue weighted by Gasteiger charge is -2.22. The summed E-state index contributed by atoms with van der Waals surface area (Å²) in [6.45, 7) is 0.327. The zero-order chi connectivity index (χ0) is 19.7. The van der Waals surface area contributed by atoms with Crippen molar-refractivity contribution in [2.45, 2.75) is 31.2 Å². The van der Waals surface area contributed by atoms with E-state index in [1.807, 2.05) is 30.3 Å². The fourth-order valence-corrected chi connectivity index (χ4v) is 5.57. The number of halogens is 3. The van der Waals surface area contributed by atoms with Crippen molar-refractivity contribution in [3.05, 3.63) is 77.1 Å². The summed E-state index contributed by atoms with van der Waals surface area (Å²) >= 11 is 13.3. The minimum atomic E-state index is -0.293. The van der Waals surface area contributed by atoms with Crippen LogP contribution < -0.4 is 5.32 Å². The van der Waals surface area contributed by atoms with Gasteiger partial charge in [0.05, 0.1) is 5.03 Å². The van der Waals surface area contributed by atoms with Gasteiger partial charge in [-0.25, -0.2) is 4.39 Å². The molecule has 2 bridgehead atoms. The first-order valence-electron chi connectivity index (χ1n) is 9.66. The molecule has 2 aliphatic rings. The third-order valence-electron chi connectivity index (χ3n) is 6.04. The maximum atomic E-state index is 13.2. The molecule has 2 aromatic carbocycles. The molecule has 0 radical (unpaired) electrons. The van der Waals surface area contributed by atoms with Gasteiger partial charge in [0.25, 0.3) is 0 Å². The first kappa shape index (κ1) is 19.5. The van der Waals surface area contributed by atoms with Crippen LogP contribution in [0.15, 0.2) is 60.2 Å². The van der Waals surface area contributed by atoms with Crippen LogP contribution in [-0.4, -0.2) is 11.3 Å². The largest absolute Gasteiger partial charge is 0.348 e. The summed E-state index contributed by atoms with van der Waals surface area (Å²) < 4.78 is 13.1. The van der Waals surface area contributed by atoms with Gasteiger partial charge in [-0.1, -0.05) is 54.1 Å². The van der Waals surface area contributed by atoms with E-state index in [-0.39, 0.29) is 28.9 Å². The maximum absolute atomic E-state index is 13.2. The number of fused-ring (bicyclic) bond motifs is 2. The molecule has 1 amide bonds. The molecule has 2 saturated carbocycles. The monoisotopic (exact) mass is 417 g/mol. The van der Waals surface area contributed by atoms with Crippen molar-refractivity contribution in [3.63, 3.8) is 0 Å². The molecule has 0 spiro atoms. The normalized spacial score (nSPS) is 26.8. The fraction of sp³-hybridized carbons (Fsp3) is 0.348. The average molecular weight is 418 g/mol. The minimum absolute atomic E-state index is 0.0865. The number of nitrogens with one attached hydrogen (secondary N) is 1. The van der Waals surface area contributed by atoms with Gasteiger partial charge in [-0.3, -0.25) is 4.79 Å². The van der Waals surface area contributed by atoms with E-state index in [1.54, 1.807) is 12.1 Å². The molecular weight excluding hydrogens is 396 g/mol. The molecule has 146 valence electrons. The van der Waals surface area contributed by atoms with Crippen LogP contribution in [0.5, 0.6) is 0 Å². The number of carbonyl (C=O) groups excluding carboxylic acids is 1. The van der Waals surface area contributed by atoms with Gasteiger partial charge >= 0.3 is 0 Å². The Bertz CT molecular complexity index is 881. The predicted octanol–water partition coefficient (Wildman–Crippen LogP) is 5.75. The lowest BCUT2D eigenvalue weighted by molar-refractivity contribution is -0.118. The molecule has 2 aromatic rings. The molecule has 1 N–H and O–H groups in total. The van der Waals surface area contributed by atoms with E-state index >= 15 is 0 Å². The van der Waals surface area contributed by atoms with Crippen LogP contribution in [0.3, 0.4) is 0 Å². The number of benzene rings is 2. The molecule has 4 atom stereocenters. The van der Waals surface area contributed by atoms with Crippen LogP contribution >= 0.6 is 23.2 Å². The van der Waals surface area contributed by atoms with Crippen molar-refractivity contribution < 1.29 is 9.18 Å². The Morgan fingerprint density at radius 1 is 1.07 bits per heavy atom. The second-order valence-electron chi connectivity index (χ2n) is 7.68. The molecule has 0 heterocycles. The molecule has 0 aromatic heterocycles. The van der Waals surface area contributed by atoms with Crippen molar-refractivity contribution in [2.75, 3.05) is 0 Å². The zero-order valence-corrected chi connectivity index (χ0v) is 16.9. The Hall–Kier alpha value is -1.84. The van der Waals surface area contributed by atoms with Crippen LogP contribution in [0.4, 0.5) is 4.39 Å². The third-order valence-corrected chi connectivity index (χ3v) is 6.96. The highest BCUT2D eigenvalue weighted by atomic mass is 35.5. The summed E-state index contributed by atoms with van der Waals surface area (Å²) in [5.74, 6) is 0.319. The van der Waals surface area contributed by atoms with Crippen molar-refractivity contribution in [3.8, 4) is 0 Å². The van der Waals surface area contributed by atoms with E-state index in [9.17, 15) is 9.18 Å². The van der Waals surface area contributed by atoms with Gasteiger partial charge in [0, 0.05) is 17.5 Å². The smallest absolute Gasteiger partial charge is 0.249 e. The highest BCUT2D eigenvalue weighted by Gasteiger charge is 2.50. The summed E-state index contributed by atoms with van der Waals surface area (Å²) in [5.41, 5.74) is 2.33. The molecule has 5 heteroatoms. The Kier molecular flexibility index (Phi) is 5.75. The fourth-order valence-electron chi connectivity index (χ4n) is 4.72. The number of hydrogen-bond donors (Lipinski definition) is 1. The van der Waals surface area contributed by atoms with Crippen LogP contribution in [0, 0.1) is 23.6 Å². The first-order valence-corrected chi connectivity index (χ1v) is 10.5. The second kappa shape index (κ2) is 8.26. The lowest BCUT2D eigenvalue weighted by Crippen LogP contribution is -2.30. The second-order valence-corrected chi connectivity index (χ2v) is 8.62. The topological polar surface area (TPSA) is 29.1 Å². The number of carbonyl (C=O) groups is 1. The van der Waals surface area contributed by atoms with E-state index in [1.165, 1.54) is 12.1 Å². The zero-order valence-electron chi connectivity index (χ0n) is 15.4. The summed E-state index contributed by atoms with van der Waals surface area (Å²) in [6, 6.07) is 15.7. The molecule has 2 aliphatic carbocycles. The van der Waals surface area contributed by atoms with E-state index in [2.05, 4.69) is 5.32 Å². The SMILES string of the molecule is O=C(NCc1ccc(F)cc1)/C(=C(\Cl)c1ccccc1)[C@H]1[C@@H]2CC[C@H]1[C@H](Cl)C2. The summed E-state index contributed by atoms with van der Waals surface area (Å²) in [4.78, 5) is 13.2. The van der Waals surface area contributed by atoms with Gasteiger partial charge in [-0.2, -0.15) is 0 Å². The highest BCUT2D eigenvalue weighted by molar-refractivity contribution is 6.51. The number of alkyl halides is 1. The van der Waals surface area contributed by atoms with Crippen molar-refractivity contribution in [1.29, 1.82) is 0 Å². The number of hydrogen-bond acceptors (Lipinski definition) is 1. The molecule has 0 saturated heterocycles. The summed E-state index contributed by atoms with van der Waals surface area (Å²) in [5, 5.41) is 3.59. The van der Waals surface area contributed by atoms with Gasteiger partial charge in [0.15, 0.2) is 0 Å². The van der Waals surface area contributed by atoms with Gasteiger partial charge in [0.1, 0.15) is 5.82 Å². The minimum Gasteiger partial charge on any atom is -0.348 e. The van der Waals surface area contributed by atoms with Gasteiger partial charge in [-0.15, -0.1) is 11.6 Å². The van der Waals surface area contributed by atoms with Gasteiger partial charge < -0.3 is 5.32 Å². The van der Waals surface area contributed by atoms with Gasteiger partial charge in [-0.05, 0) is 60.3 Å². The molecule has 28 heavy (non-hydrogen) atoms. The standard InChI is InChI=1S/C23H22Cl2FNO/c24-19-12-16-8-11-18(19)20(16)21(22(25)15-4-2-1-3-5-15)23(28)27-13-14-6-9-17(26)10-7-14/h1-7,9-10,16,18-20H,8,11-13H2,(H,27,28)/b22-21-/t16-,18+,19-,20+/m1/s1. The quantitative estimate of drug-likeness (QED) is 0.487. The Balaban J connectivity index is 1.63. The average Bonchev–Trinajstić information content (AvgIpc) is 3.25. The first-order chi connectivity index (χ1) is 13.5. The van der Waals surface area contributed by atoms with E-state index in [0.29, 0.717) is 23.1 Å². The Morgan fingerprint density at radius 2 is 1.79 bits per heavy atom. The maximum Gasteiger partial charge on any atom is 0.249 e. The van der Waals surface area contributed by atoms with Crippen LogP contribution in [0.2, 0.25) is 0 Å². The summed E-state index contributed by atoms with van der Waals surface area (Å²) in [7, 11) is 0. The number of amides is 1. The van der Waals surface area contributed by atoms with Gasteiger partial charge in [0.2, 0.25) is 5.91 Å². The van der Waals surface area contributed by atoms with Crippen molar-refractivity contribution in [2.24, 2.45) is 17.8 Å². The highest BCUT2D eigenvalue weighted by Crippen LogP contribution is 2.55. The van der Waals surface area contributed by atoms with Crippen molar-refractivity contribution in [1.82, 2.24) is 5.32 Å². The molecule has 4 rings (SSSR count). The van der Waals surface area contributed by atoms with Crippen LogP contribution in [0.1, 0.15) is 30.4 Å². The Labute approximate surface area is 174 Å². The van der Waals surface area contributed by atoms with E-state index < -0.39 is 0 Å². The van der Waals surface area contributed by atoms with Crippen LogP contribution in [0.25, 0.3) is 5.03 Å². The van der Waals surface area contributed by atoms with E-state index in [4.69, 9.17) is 23.2 Å². The molecular formula is C23H22Cl2FNO. The summed E-state index contributed by atoms with van der Waals surface area (Å²) in [6.07, 6.45) is 3.06. The third kappa shape index (κ3) is 3.83. The number of rotatable bonds is 5. The van der Waals surface area contributed by atoms with Crippen LogP contribution in [-0.2, 0) is 11.3 Å². The predicted molar refractivity (Wildman–Crippen MR) is 111 cm³/mol. The molecule has 0 aliphatic heterocycles. The molecule has 2 fully saturated rings. The van der Waals surface area contributed by atoms with E-state index in [0.717, 1.165) is 30.4 Å². The lowest BCUT2D eigenvalue weighted by atomic mass is 9.87. The Morgan fingerprint density at radius 3 is 2.39 bits per heavy atom. The van der Waals surface area contributed by atoms with Crippen molar-refractivity contribution >= 4 is 34.1 Å². The molecule has 2 nitrogen and oxygen atoms in total. The molecule has 0 unspecified atom stereocenters.